The zero-order valence-corrected chi connectivity index (χ0v) is 9.29. The van der Waals surface area contributed by atoms with Crippen molar-refractivity contribution in [3.8, 4) is 0 Å². The zero-order valence-electron chi connectivity index (χ0n) is 8.47. The van der Waals surface area contributed by atoms with Crippen LogP contribution in [0, 0.1) is 0 Å². The second kappa shape index (κ2) is 5.85. The molecule has 0 aromatic heterocycles. The summed E-state index contributed by atoms with van der Waals surface area (Å²) in [6.07, 6.45) is 0. The maximum absolute atomic E-state index is 10.8. The molecule has 0 fully saturated rings. The van der Waals surface area contributed by atoms with Crippen molar-refractivity contribution in [3.63, 3.8) is 0 Å². The molecule has 0 aliphatic carbocycles. The third-order valence-corrected chi connectivity index (χ3v) is 2.92. The van der Waals surface area contributed by atoms with Crippen LogP contribution in [0.2, 0.25) is 0 Å². The van der Waals surface area contributed by atoms with E-state index < -0.39 is 22.9 Å². The summed E-state index contributed by atoms with van der Waals surface area (Å²) in [5.41, 5.74) is 1.46. The standard InChI is InChI=1S/C10H15NO3S/c1-2-11-9-5-3-4-8(6-9)10(7-12)15(13)14/h3-6,10-12H,2,7H2,1H3,(H,13,14)/p-1. The molecule has 1 aromatic carbocycles. The van der Waals surface area contributed by atoms with Crippen LogP contribution in [0.5, 0.6) is 0 Å². The summed E-state index contributed by atoms with van der Waals surface area (Å²) in [7, 11) is 0. The molecule has 0 radical (unpaired) electrons. The smallest absolute Gasteiger partial charge is 0.0696 e. The quantitative estimate of drug-likeness (QED) is 0.738. The SMILES string of the molecule is CCNc1cccc(C(CO)S(=O)[O-])c1. The van der Waals surface area contributed by atoms with E-state index in [9.17, 15) is 8.76 Å². The molecule has 15 heavy (non-hydrogen) atoms. The summed E-state index contributed by atoms with van der Waals surface area (Å²) in [5, 5.41) is 11.2. The van der Waals surface area contributed by atoms with Crippen molar-refractivity contribution in [1.82, 2.24) is 0 Å². The molecule has 2 N–H and O–H groups in total. The molecule has 4 nitrogen and oxygen atoms in total. The molecule has 0 aliphatic heterocycles. The van der Waals surface area contributed by atoms with Crippen molar-refractivity contribution >= 4 is 16.8 Å². The van der Waals surface area contributed by atoms with Crippen molar-refractivity contribution in [3.05, 3.63) is 29.8 Å². The van der Waals surface area contributed by atoms with Crippen molar-refractivity contribution in [2.75, 3.05) is 18.5 Å². The van der Waals surface area contributed by atoms with Gasteiger partial charge in [0, 0.05) is 12.2 Å². The van der Waals surface area contributed by atoms with E-state index in [1.807, 2.05) is 13.0 Å². The Balaban J connectivity index is 2.92. The number of hydrogen-bond donors (Lipinski definition) is 2. The van der Waals surface area contributed by atoms with Gasteiger partial charge in [0.15, 0.2) is 0 Å². The minimum Gasteiger partial charge on any atom is -0.772 e. The van der Waals surface area contributed by atoms with Crippen molar-refractivity contribution < 1.29 is 13.9 Å². The summed E-state index contributed by atoms with van der Waals surface area (Å²) >= 11 is -2.29. The van der Waals surface area contributed by atoms with Gasteiger partial charge in [-0.15, -0.1) is 0 Å². The van der Waals surface area contributed by atoms with Gasteiger partial charge >= 0.3 is 0 Å². The van der Waals surface area contributed by atoms with E-state index >= 15 is 0 Å². The first-order valence-electron chi connectivity index (χ1n) is 4.71. The van der Waals surface area contributed by atoms with Crippen LogP contribution in [0.1, 0.15) is 17.7 Å². The minimum atomic E-state index is -2.29. The van der Waals surface area contributed by atoms with Crippen LogP contribution in [0.15, 0.2) is 24.3 Å². The number of rotatable bonds is 5. The van der Waals surface area contributed by atoms with Crippen LogP contribution in [0.3, 0.4) is 0 Å². The summed E-state index contributed by atoms with van der Waals surface area (Å²) in [5.74, 6) is 0. The number of aliphatic hydroxyl groups excluding tert-OH is 1. The van der Waals surface area contributed by atoms with Crippen LogP contribution in [-0.4, -0.2) is 27.0 Å². The molecule has 0 heterocycles. The van der Waals surface area contributed by atoms with Crippen LogP contribution >= 0.6 is 0 Å². The highest BCUT2D eigenvalue weighted by Crippen LogP contribution is 2.21. The molecule has 0 bridgehead atoms. The summed E-state index contributed by atoms with van der Waals surface area (Å²) < 4.78 is 21.6. The Bertz CT molecular complexity index is 343. The highest BCUT2D eigenvalue weighted by Gasteiger charge is 2.10. The molecule has 0 saturated carbocycles. The summed E-state index contributed by atoms with van der Waals surface area (Å²) in [6, 6.07) is 7.05. The van der Waals surface area contributed by atoms with Gasteiger partial charge in [0.25, 0.3) is 0 Å². The van der Waals surface area contributed by atoms with E-state index in [2.05, 4.69) is 5.32 Å². The van der Waals surface area contributed by atoms with Gasteiger partial charge < -0.3 is 15.0 Å². The molecule has 84 valence electrons. The normalized spacial score (nSPS) is 14.6. The lowest BCUT2D eigenvalue weighted by atomic mass is 10.1. The molecule has 1 aromatic rings. The first-order chi connectivity index (χ1) is 7.19. The Morgan fingerprint density at radius 2 is 2.33 bits per heavy atom. The van der Waals surface area contributed by atoms with E-state index in [0.29, 0.717) is 5.56 Å². The molecular formula is C10H14NO3S-. The Morgan fingerprint density at radius 3 is 2.87 bits per heavy atom. The van der Waals surface area contributed by atoms with E-state index in [4.69, 9.17) is 5.11 Å². The highest BCUT2D eigenvalue weighted by atomic mass is 32.2. The van der Waals surface area contributed by atoms with Crippen molar-refractivity contribution in [2.24, 2.45) is 0 Å². The van der Waals surface area contributed by atoms with Gasteiger partial charge in [0.1, 0.15) is 0 Å². The second-order valence-corrected chi connectivity index (χ2v) is 4.18. The molecule has 0 aliphatic rings. The van der Waals surface area contributed by atoms with Gasteiger partial charge in [0.2, 0.25) is 0 Å². The van der Waals surface area contributed by atoms with Crippen LogP contribution in [0.25, 0.3) is 0 Å². The Kier molecular flexibility index (Phi) is 4.74. The Hall–Kier alpha value is -0.910. The molecule has 5 heteroatoms. The highest BCUT2D eigenvalue weighted by molar-refractivity contribution is 7.79. The first-order valence-corrected chi connectivity index (χ1v) is 5.85. The average Bonchev–Trinajstić information content (AvgIpc) is 2.19. The molecule has 0 spiro atoms. The lowest BCUT2D eigenvalue weighted by Crippen LogP contribution is -2.10. The fraction of sp³-hybridized carbons (Fsp3) is 0.400. The lowest BCUT2D eigenvalue weighted by Gasteiger charge is -2.18. The van der Waals surface area contributed by atoms with Gasteiger partial charge in [-0.2, -0.15) is 0 Å². The molecule has 0 amide bonds. The predicted octanol–water partition coefficient (Wildman–Crippen LogP) is 1.03. The van der Waals surface area contributed by atoms with E-state index in [-0.39, 0.29) is 0 Å². The zero-order chi connectivity index (χ0) is 11.3. The number of nitrogens with one attached hydrogen (secondary N) is 1. The number of aliphatic hydroxyl groups is 1. The van der Waals surface area contributed by atoms with Gasteiger partial charge in [-0.25, -0.2) is 0 Å². The predicted molar refractivity (Wildman–Crippen MR) is 59.4 cm³/mol. The van der Waals surface area contributed by atoms with Crippen molar-refractivity contribution in [1.29, 1.82) is 0 Å². The molecule has 1 rings (SSSR count). The van der Waals surface area contributed by atoms with E-state index in [1.54, 1.807) is 18.2 Å². The number of hydrogen-bond acceptors (Lipinski definition) is 4. The third kappa shape index (κ3) is 3.30. The van der Waals surface area contributed by atoms with Gasteiger partial charge in [0.05, 0.1) is 11.9 Å². The molecule has 2 atom stereocenters. The number of anilines is 1. The van der Waals surface area contributed by atoms with Gasteiger partial charge in [-0.1, -0.05) is 12.1 Å². The van der Waals surface area contributed by atoms with Gasteiger partial charge in [-0.3, -0.25) is 4.21 Å². The molecule has 2 unspecified atom stereocenters. The van der Waals surface area contributed by atoms with E-state index in [1.165, 1.54) is 0 Å². The fourth-order valence-electron chi connectivity index (χ4n) is 1.33. The van der Waals surface area contributed by atoms with Crippen LogP contribution in [-0.2, 0) is 11.1 Å². The minimum absolute atomic E-state index is 0.397. The average molecular weight is 228 g/mol. The summed E-state index contributed by atoms with van der Waals surface area (Å²) in [6.45, 7) is 2.33. The van der Waals surface area contributed by atoms with Gasteiger partial charge in [-0.05, 0) is 35.7 Å². The van der Waals surface area contributed by atoms with Crippen LogP contribution < -0.4 is 5.32 Å². The lowest BCUT2D eigenvalue weighted by molar-refractivity contribution is 0.289. The van der Waals surface area contributed by atoms with Crippen LogP contribution in [0.4, 0.5) is 5.69 Å². The maximum atomic E-state index is 10.8. The molecule has 0 saturated heterocycles. The molecular weight excluding hydrogens is 214 g/mol. The number of benzene rings is 1. The maximum Gasteiger partial charge on any atom is 0.0696 e. The monoisotopic (exact) mass is 228 g/mol. The van der Waals surface area contributed by atoms with E-state index in [0.717, 1.165) is 12.2 Å². The fourth-order valence-corrected chi connectivity index (χ4v) is 1.82. The third-order valence-electron chi connectivity index (χ3n) is 2.04. The summed E-state index contributed by atoms with van der Waals surface area (Å²) in [4.78, 5) is 0. The Labute approximate surface area is 91.6 Å². The topological polar surface area (TPSA) is 72.4 Å². The second-order valence-electron chi connectivity index (χ2n) is 3.09. The van der Waals surface area contributed by atoms with Crippen molar-refractivity contribution in [2.45, 2.75) is 12.2 Å². The largest absolute Gasteiger partial charge is 0.772 e. The first kappa shape index (κ1) is 12.2. The Morgan fingerprint density at radius 1 is 1.60 bits per heavy atom.